The normalized spacial score (nSPS) is 13.1. The molecular formula is C11H25N3O. The maximum atomic E-state index is 11.1. The molecule has 90 valence electrons. The first kappa shape index (κ1) is 14.4. The van der Waals surface area contributed by atoms with Crippen LogP contribution in [0.15, 0.2) is 0 Å². The summed E-state index contributed by atoms with van der Waals surface area (Å²) < 4.78 is 0. The SMILES string of the molecule is CCCCN(C)CCC(NCC)C(N)=O. The first-order valence-corrected chi connectivity index (χ1v) is 5.83. The largest absolute Gasteiger partial charge is 0.368 e. The Morgan fingerprint density at radius 3 is 2.53 bits per heavy atom. The minimum absolute atomic E-state index is 0.181. The van der Waals surface area contributed by atoms with Gasteiger partial charge in [-0.3, -0.25) is 4.79 Å². The van der Waals surface area contributed by atoms with Gasteiger partial charge in [0.2, 0.25) is 5.91 Å². The van der Waals surface area contributed by atoms with Crippen LogP contribution in [0.25, 0.3) is 0 Å². The van der Waals surface area contributed by atoms with Gasteiger partial charge in [0, 0.05) is 0 Å². The van der Waals surface area contributed by atoms with Gasteiger partial charge in [0.05, 0.1) is 6.04 Å². The van der Waals surface area contributed by atoms with Gasteiger partial charge in [-0.25, -0.2) is 0 Å². The molecule has 0 aliphatic carbocycles. The second-order valence-electron chi connectivity index (χ2n) is 3.96. The predicted molar refractivity (Wildman–Crippen MR) is 63.7 cm³/mol. The minimum atomic E-state index is -0.249. The number of primary amides is 1. The van der Waals surface area contributed by atoms with Crippen LogP contribution in [0.3, 0.4) is 0 Å². The fraction of sp³-hybridized carbons (Fsp3) is 0.909. The molecule has 0 radical (unpaired) electrons. The number of amides is 1. The van der Waals surface area contributed by atoms with Gasteiger partial charge in [-0.2, -0.15) is 0 Å². The van der Waals surface area contributed by atoms with Gasteiger partial charge in [-0.05, 0) is 39.5 Å². The summed E-state index contributed by atoms with van der Waals surface area (Å²) in [6.07, 6.45) is 3.21. The van der Waals surface area contributed by atoms with E-state index >= 15 is 0 Å². The van der Waals surface area contributed by atoms with Crippen LogP contribution in [0.1, 0.15) is 33.1 Å². The monoisotopic (exact) mass is 215 g/mol. The number of likely N-dealkylation sites (N-methyl/N-ethyl adjacent to an activating group) is 1. The van der Waals surface area contributed by atoms with Crippen molar-refractivity contribution >= 4 is 5.91 Å². The van der Waals surface area contributed by atoms with E-state index < -0.39 is 0 Å². The van der Waals surface area contributed by atoms with Crippen molar-refractivity contribution in [3.63, 3.8) is 0 Å². The lowest BCUT2D eigenvalue weighted by atomic mass is 10.2. The third-order valence-corrected chi connectivity index (χ3v) is 2.49. The number of rotatable bonds is 9. The lowest BCUT2D eigenvalue weighted by Crippen LogP contribution is -2.43. The van der Waals surface area contributed by atoms with E-state index in [2.05, 4.69) is 24.2 Å². The van der Waals surface area contributed by atoms with E-state index in [-0.39, 0.29) is 11.9 Å². The Morgan fingerprint density at radius 2 is 2.07 bits per heavy atom. The van der Waals surface area contributed by atoms with Crippen LogP contribution < -0.4 is 11.1 Å². The second-order valence-corrected chi connectivity index (χ2v) is 3.96. The zero-order valence-electron chi connectivity index (χ0n) is 10.3. The standard InChI is InChI=1S/C11H25N3O/c1-4-6-8-14(3)9-7-10(11(12)15)13-5-2/h10,13H,4-9H2,1-3H3,(H2,12,15). The summed E-state index contributed by atoms with van der Waals surface area (Å²) in [4.78, 5) is 13.3. The molecule has 0 aromatic heterocycles. The lowest BCUT2D eigenvalue weighted by Gasteiger charge is -2.20. The van der Waals surface area contributed by atoms with Crippen LogP contribution in [-0.4, -0.2) is 43.5 Å². The van der Waals surface area contributed by atoms with E-state index in [4.69, 9.17) is 5.73 Å². The van der Waals surface area contributed by atoms with Crippen LogP contribution >= 0.6 is 0 Å². The number of nitrogens with one attached hydrogen (secondary N) is 1. The Bertz CT molecular complexity index is 173. The van der Waals surface area contributed by atoms with Crippen molar-refractivity contribution in [1.82, 2.24) is 10.2 Å². The topological polar surface area (TPSA) is 58.4 Å². The Kier molecular flexibility index (Phi) is 8.33. The van der Waals surface area contributed by atoms with Crippen LogP contribution in [0, 0.1) is 0 Å². The average Bonchev–Trinajstić information content (AvgIpc) is 2.20. The molecule has 15 heavy (non-hydrogen) atoms. The molecule has 4 heteroatoms. The Hall–Kier alpha value is -0.610. The first-order valence-electron chi connectivity index (χ1n) is 5.83. The maximum absolute atomic E-state index is 11.1. The molecule has 0 bridgehead atoms. The summed E-state index contributed by atoms with van der Waals surface area (Å²) in [5, 5.41) is 3.09. The van der Waals surface area contributed by atoms with E-state index in [1.54, 1.807) is 0 Å². The minimum Gasteiger partial charge on any atom is -0.368 e. The highest BCUT2D eigenvalue weighted by molar-refractivity contribution is 5.79. The third-order valence-electron chi connectivity index (χ3n) is 2.49. The van der Waals surface area contributed by atoms with E-state index in [0.29, 0.717) is 0 Å². The molecular weight excluding hydrogens is 190 g/mol. The smallest absolute Gasteiger partial charge is 0.234 e. The highest BCUT2D eigenvalue weighted by Crippen LogP contribution is 1.97. The molecule has 0 saturated carbocycles. The molecule has 0 aromatic rings. The van der Waals surface area contributed by atoms with Crippen LogP contribution in [0.5, 0.6) is 0 Å². The number of nitrogens with zero attached hydrogens (tertiary/aromatic N) is 1. The van der Waals surface area contributed by atoms with Gasteiger partial charge in [-0.15, -0.1) is 0 Å². The van der Waals surface area contributed by atoms with Gasteiger partial charge >= 0.3 is 0 Å². The second kappa shape index (κ2) is 8.68. The van der Waals surface area contributed by atoms with Crippen molar-refractivity contribution in [1.29, 1.82) is 0 Å². The zero-order chi connectivity index (χ0) is 11.7. The molecule has 3 N–H and O–H groups in total. The summed E-state index contributed by atoms with van der Waals surface area (Å²) in [6, 6.07) is -0.181. The number of hydrogen-bond acceptors (Lipinski definition) is 3. The van der Waals surface area contributed by atoms with Crippen LogP contribution in [-0.2, 0) is 4.79 Å². The van der Waals surface area contributed by atoms with E-state index in [9.17, 15) is 4.79 Å². The van der Waals surface area contributed by atoms with E-state index in [0.717, 1.165) is 26.1 Å². The molecule has 0 rings (SSSR count). The Labute approximate surface area is 93.2 Å². The first-order chi connectivity index (χ1) is 7.11. The number of hydrogen-bond donors (Lipinski definition) is 2. The molecule has 0 fully saturated rings. The molecule has 1 atom stereocenters. The van der Waals surface area contributed by atoms with Gasteiger partial charge in [-0.1, -0.05) is 20.3 Å². The fourth-order valence-corrected chi connectivity index (χ4v) is 1.48. The Balaban J connectivity index is 3.72. The van der Waals surface area contributed by atoms with Crippen molar-refractivity contribution in [2.45, 2.75) is 39.2 Å². The highest BCUT2D eigenvalue weighted by Gasteiger charge is 2.13. The quantitative estimate of drug-likeness (QED) is 0.591. The molecule has 0 aliphatic rings. The van der Waals surface area contributed by atoms with Gasteiger partial charge < -0.3 is 16.0 Å². The van der Waals surface area contributed by atoms with E-state index in [1.807, 2.05) is 6.92 Å². The van der Waals surface area contributed by atoms with Gasteiger partial charge in [0.15, 0.2) is 0 Å². The van der Waals surface area contributed by atoms with Crippen molar-refractivity contribution in [2.75, 3.05) is 26.7 Å². The maximum Gasteiger partial charge on any atom is 0.234 e. The molecule has 0 aliphatic heterocycles. The summed E-state index contributed by atoms with van der Waals surface area (Å²) >= 11 is 0. The molecule has 1 unspecified atom stereocenters. The summed E-state index contributed by atoms with van der Waals surface area (Å²) in [7, 11) is 2.08. The number of carbonyl (C=O) groups excluding carboxylic acids is 1. The summed E-state index contributed by atoms with van der Waals surface area (Å²) in [6.45, 7) is 6.95. The van der Waals surface area contributed by atoms with Crippen LogP contribution in [0.4, 0.5) is 0 Å². The third kappa shape index (κ3) is 7.33. The number of unbranched alkanes of at least 4 members (excludes halogenated alkanes) is 1. The van der Waals surface area contributed by atoms with Gasteiger partial charge in [0.25, 0.3) is 0 Å². The molecule has 4 nitrogen and oxygen atoms in total. The zero-order valence-corrected chi connectivity index (χ0v) is 10.3. The van der Waals surface area contributed by atoms with Crippen molar-refractivity contribution in [3.8, 4) is 0 Å². The predicted octanol–water partition coefficient (Wildman–Crippen LogP) is 0.572. The molecule has 0 heterocycles. The van der Waals surface area contributed by atoms with Crippen molar-refractivity contribution < 1.29 is 4.79 Å². The highest BCUT2D eigenvalue weighted by atomic mass is 16.1. The summed E-state index contributed by atoms with van der Waals surface area (Å²) in [5.74, 6) is -0.249. The van der Waals surface area contributed by atoms with Crippen molar-refractivity contribution in [3.05, 3.63) is 0 Å². The fourth-order valence-electron chi connectivity index (χ4n) is 1.48. The lowest BCUT2D eigenvalue weighted by molar-refractivity contribution is -0.120. The summed E-state index contributed by atoms with van der Waals surface area (Å²) in [5.41, 5.74) is 5.29. The number of carbonyl (C=O) groups is 1. The van der Waals surface area contributed by atoms with Crippen LogP contribution in [0.2, 0.25) is 0 Å². The molecule has 1 amide bonds. The molecule has 0 spiro atoms. The Morgan fingerprint density at radius 1 is 1.40 bits per heavy atom. The van der Waals surface area contributed by atoms with E-state index in [1.165, 1.54) is 12.8 Å². The van der Waals surface area contributed by atoms with Gasteiger partial charge in [0.1, 0.15) is 0 Å². The molecule has 0 saturated heterocycles. The molecule has 0 aromatic carbocycles. The van der Waals surface area contributed by atoms with Crippen molar-refractivity contribution in [2.24, 2.45) is 5.73 Å². The average molecular weight is 215 g/mol. The number of nitrogens with two attached hydrogens (primary N) is 1.